The van der Waals surface area contributed by atoms with Crippen LogP contribution in [0.4, 0.5) is 5.69 Å². The lowest BCUT2D eigenvalue weighted by atomic mass is 10.2. The van der Waals surface area contributed by atoms with Gasteiger partial charge >= 0.3 is 0 Å². The summed E-state index contributed by atoms with van der Waals surface area (Å²) in [6, 6.07) is 7.11. The van der Waals surface area contributed by atoms with Crippen LogP contribution in [-0.2, 0) is 0 Å². The maximum atomic E-state index is 12.2. The molecule has 0 spiro atoms. The lowest BCUT2D eigenvalue weighted by Crippen LogP contribution is -2.12. The van der Waals surface area contributed by atoms with Gasteiger partial charge in [-0.2, -0.15) is 0 Å². The van der Waals surface area contributed by atoms with E-state index in [9.17, 15) is 4.79 Å². The molecule has 1 aromatic carbocycles. The molecular formula is C15H12ClNO2S. The summed E-state index contributed by atoms with van der Waals surface area (Å²) in [6.45, 7) is 1.61. The van der Waals surface area contributed by atoms with Crippen molar-refractivity contribution in [1.82, 2.24) is 0 Å². The highest BCUT2D eigenvalue weighted by molar-refractivity contribution is 7.12. The Kier molecular flexibility index (Phi) is 4.80. The molecule has 2 aromatic rings. The van der Waals surface area contributed by atoms with E-state index in [-0.39, 0.29) is 12.5 Å². The molecule has 3 nitrogen and oxygen atoms in total. The number of hydrogen-bond acceptors (Lipinski definition) is 3. The van der Waals surface area contributed by atoms with Gasteiger partial charge < -0.3 is 10.4 Å². The highest BCUT2D eigenvalue weighted by Gasteiger charge is 2.13. The fourth-order valence-electron chi connectivity index (χ4n) is 1.64. The van der Waals surface area contributed by atoms with Gasteiger partial charge in [-0.15, -0.1) is 11.3 Å². The third kappa shape index (κ3) is 3.20. The number of aliphatic hydroxyl groups excluding tert-OH is 1. The smallest absolute Gasteiger partial charge is 0.267 e. The van der Waals surface area contributed by atoms with Gasteiger partial charge in [0.1, 0.15) is 11.5 Å². The maximum absolute atomic E-state index is 12.2. The molecule has 2 N–H and O–H groups in total. The highest BCUT2D eigenvalue weighted by atomic mass is 35.5. The van der Waals surface area contributed by atoms with Crippen molar-refractivity contribution >= 4 is 34.5 Å². The zero-order chi connectivity index (χ0) is 14.5. The van der Waals surface area contributed by atoms with Crippen molar-refractivity contribution in [3.63, 3.8) is 0 Å². The molecule has 0 saturated carbocycles. The molecule has 0 atom stereocenters. The SMILES string of the molecule is Cc1c(Cl)cccc1NC(=O)c1sccc1C#CCO. The Morgan fingerprint density at radius 2 is 2.25 bits per heavy atom. The first kappa shape index (κ1) is 14.6. The molecule has 102 valence electrons. The molecule has 0 bridgehead atoms. The lowest BCUT2D eigenvalue weighted by molar-refractivity contribution is 0.103. The van der Waals surface area contributed by atoms with E-state index in [1.54, 1.807) is 29.6 Å². The normalized spacial score (nSPS) is 9.75. The second-order valence-electron chi connectivity index (χ2n) is 3.99. The fraction of sp³-hybridized carbons (Fsp3) is 0.133. The van der Waals surface area contributed by atoms with Gasteiger partial charge in [0, 0.05) is 16.3 Å². The molecule has 0 saturated heterocycles. The minimum Gasteiger partial charge on any atom is -0.384 e. The molecule has 0 aliphatic heterocycles. The number of aliphatic hydroxyl groups is 1. The van der Waals surface area contributed by atoms with Crippen LogP contribution >= 0.6 is 22.9 Å². The first-order valence-corrected chi connectivity index (χ1v) is 7.13. The summed E-state index contributed by atoms with van der Waals surface area (Å²) in [7, 11) is 0. The highest BCUT2D eigenvalue weighted by Crippen LogP contribution is 2.24. The van der Waals surface area contributed by atoms with E-state index in [4.69, 9.17) is 16.7 Å². The molecule has 0 aliphatic carbocycles. The Morgan fingerprint density at radius 3 is 3.00 bits per heavy atom. The number of thiophene rings is 1. The van der Waals surface area contributed by atoms with Gasteiger partial charge in [0.2, 0.25) is 0 Å². The second-order valence-corrected chi connectivity index (χ2v) is 5.31. The van der Waals surface area contributed by atoms with Crippen molar-refractivity contribution in [2.24, 2.45) is 0 Å². The zero-order valence-corrected chi connectivity index (χ0v) is 12.3. The predicted octanol–water partition coefficient (Wildman–Crippen LogP) is 3.31. The summed E-state index contributed by atoms with van der Waals surface area (Å²) in [4.78, 5) is 12.8. The zero-order valence-electron chi connectivity index (χ0n) is 10.7. The number of carbonyl (C=O) groups excluding carboxylic acids is 1. The van der Waals surface area contributed by atoms with Crippen LogP contribution in [0.2, 0.25) is 5.02 Å². The van der Waals surface area contributed by atoms with Crippen LogP contribution in [-0.4, -0.2) is 17.6 Å². The van der Waals surface area contributed by atoms with Gasteiger partial charge in [0.15, 0.2) is 0 Å². The molecule has 5 heteroatoms. The molecule has 1 amide bonds. The van der Waals surface area contributed by atoms with Crippen LogP contribution < -0.4 is 5.32 Å². The van der Waals surface area contributed by atoms with Gasteiger partial charge in [-0.25, -0.2) is 0 Å². The van der Waals surface area contributed by atoms with Gasteiger partial charge in [-0.3, -0.25) is 4.79 Å². The van der Waals surface area contributed by atoms with Crippen molar-refractivity contribution in [2.75, 3.05) is 11.9 Å². The Balaban J connectivity index is 2.25. The first-order valence-electron chi connectivity index (χ1n) is 5.87. The van der Waals surface area contributed by atoms with Crippen LogP contribution in [0.1, 0.15) is 20.8 Å². The van der Waals surface area contributed by atoms with Gasteiger partial charge in [-0.1, -0.05) is 29.5 Å². The van der Waals surface area contributed by atoms with Crippen molar-refractivity contribution in [1.29, 1.82) is 0 Å². The minimum atomic E-state index is -0.232. The Labute approximate surface area is 126 Å². The number of amides is 1. The topological polar surface area (TPSA) is 49.3 Å². The summed E-state index contributed by atoms with van der Waals surface area (Å²) in [5.74, 6) is 5.07. The average molecular weight is 306 g/mol. The Hall–Kier alpha value is -1.80. The maximum Gasteiger partial charge on any atom is 0.267 e. The number of rotatable bonds is 2. The van der Waals surface area contributed by atoms with Crippen LogP contribution in [0, 0.1) is 18.8 Å². The number of benzene rings is 1. The van der Waals surface area contributed by atoms with Crippen LogP contribution in [0.3, 0.4) is 0 Å². The first-order chi connectivity index (χ1) is 9.63. The summed E-state index contributed by atoms with van der Waals surface area (Å²) >= 11 is 7.33. The van der Waals surface area contributed by atoms with Crippen molar-refractivity contribution < 1.29 is 9.90 Å². The quantitative estimate of drug-likeness (QED) is 0.836. The number of anilines is 1. The van der Waals surface area contributed by atoms with E-state index in [0.29, 0.717) is 21.2 Å². The monoisotopic (exact) mass is 305 g/mol. The van der Waals surface area contributed by atoms with Crippen molar-refractivity contribution in [2.45, 2.75) is 6.92 Å². The largest absolute Gasteiger partial charge is 0.384 e. The molecule has 2 rings (SSSR count). The summed E-state index contributed by atoms with van der Waals surface area (Å²) in [5.41, 5.74) is 2.11. The summed E-state index contributed by atoms with van der Waals surface area (Å²) in [6.07, 6.45) is 0. The molecule has 1 heterocycles. The molecule has 20 heavy (non-hydrogen) atoms. The fourth-order valence-corrected chi connectivity index (χ4v) is 2.56. The van der Waals surface area contributed by atoms with Crippen molar-refractivity contribution in [3.05, 3.63) is 50.7 Å². The van der Waals surface area contributed by atoms with Gasteiger partial charge in [0.25, 0.3) is 5.91 Å². The molecule has 0 fully saturated rings. The van der Waals surface area contributed by atoms with Gasteiger partial charge in [-0.05, 0) is 36.1 Å². The number of carbonyl (C=O) groups is 1. The third-order valence-corrected chi connectivity index (χ3v) is 4.01. The van der Waals surface area contributed by atoms with E-state index in [1.165, 1.54) is 11.3 Å². The number of halogens is 1. The summed E-state index contributed by atoms with van der Waals surface area (Å²) in [5, 5.41) is 13.9. The predicted molar refractivity (Wildman–Crippen MR) is 82.4 cm³/mol. The minimum absolute atomic E-state index is 0.229. The third-order valence-electron chi connectivity index (χ3n) is 2.69. The van der Waals surface area contributed by atoms with E-state index in [2.05, 4.69) is 17.2 Å². The molecule has 0 unspecified atom stereocenters. The molecule has 0 aliphatic rings. The van der Waals surface area contributed by atoms with Crippen LogP contribution in [0.5, 0.6) is 0 Å². The number of hydrogen-bond donors (Lipinski definition) is 2. The van der Waals surface area contributed by atoms with E-state index >= 15 is 0 Å². The Morgan fingerprint density at radius 1 is 1.45 bits per heavy atom. The summed E-state index contributed by atoms with van der Waals surface area (Å²) < 4.78 is 0. The van der Waals surface area contributed by atoms with E-state index < -0.39 is 0 Å². The molecule has 1 aromatic heterocycles. The molecular weight excluding hydrogens is 294 g/mol. The van der Waals surface area contributed by atoms with Crippen LogP contribution in [0.25, 0.3) is 0 Å². The Bertz CT molecular complexity index is 697. The van der Waals surface area contributed by atoms with Gasteiger partial charge in [0.05, 0.1) is 0 Å². The molecule has 0 radical (unpaired) electrons. The van der Waals surface area contributed by atoms with E-state index in [0.717, 1.165) is 5.56 Å². The average Bonchev–Trinajstić information content (AvgIpc) is 2.90. The van der Waals surface area contributed by atoms with Crippen LogP contribution in [0.15, 0.2) is 29.6 Å². The lowest BCUT2D eigenvalue weighted by Gasteiger charge is -2.08. The van der Waals surface area contributed by atoms with E-state index in [1.807, 2.05) is 6.92 Å². The standard InChI is InChI=1S/C15H12ClNO2S/c1-10-12(16)5-2-6-13(10)17-15(19)14-11(4-3-8-18)7-9-20-14/h2,5-7,9,18H,8H2,1H3,(H,17,19). The van der Waals surface area contributed by atoms with Crippen molar-refractivity contribution in [3.8, 4) is 11.8 Å². The second kappa shape index (κ2) is 6.58. The number of nitrogens with one attached hydrogen (secondary N) is 1.